The first-order chi connectivity index (χ1) is 13.6. The van der Waals surface area contributed by atoms with Gasteiger partial charge in [0.1, 0.15) is 11.5 Å². The van der Waals surface area contributed by atoms with Gasteiger partial charge in [0.25, 0.3) is 0 Å². The van der Waals surface area contributed by atoms with Gasteiger partial charge in [0, 0.05) is 43.9 Å². The van der Waals surface area contributed by atoms with Crippen molar-refractivity contribution in [3.63, 3.8) is 0 Å². The third-order valence-electron chi connectivity index (χ3n) is 4.99. The van der Waals surface area contributed by atoms with Gasteiger partial charge < -0.3 is 5.32 Å². The lowest BCUT2D eigenvalue weighted by molar-refractivity contribution is 0.243. The van der Waals surface area contributed by atoms with Gasteiger partial charge in [-0.05, 0) is 38.5 Å². The molecule has 0 atom stereocenters. The molecule has 0 amide bonds. The Labute approximate surface area is 166 Å². The molecule has 0 saturated carbocycles. The molecule has 3 heterocycles. The molecule has 0 bridgehead atoms. The molecule has 0 spiro atoms. The van der Waals surface area contributed by atoms with E-state index in [9.17, 15) is 0 Å². The number of nitrogens with one attached hydrogen (secondary N) is 1. The van der Waals surface area contributed by atoms with Gasteiger partial charge in [-0.25, -0.2) is 9.97 Å². The number of nitrogens with zero attached hydrogens (tertiary/aromatic N) is 4. The summed E-state index contributed by atoms with van der Waals surface area (Å²) in [5, 5.41) is 3.53. The predicted molar refractivity (Wildman–Crippen MR) is 113 cm³/mol. The summed E-state index contributed by atoms with van der Waals surface area (Å²) in [6.45, 7) is 9.22. The average Bonchev–Trinajstić information content (AvgIpc) is 2.70. The van der Waals surface area contributed by atoms with Crippen LogP contribution in [0.2, 0.25) is 0 Å². The van der Waals surface area contributed by atoms with Crippen LogP contribution in [-0.4, -0.2) is 32.4 Å². The van der Waals surface area contributed by atoms with Crippen molar-refractivity contribution in [2.75, 3.05) is 11.9 Å². The molecule has 0 unspecified atom stereocenters. The highest BCUT2D eigenvalue weighted by molar-refractivity contribution is 5.57. The highest BCUT2D eigenvalue weighted by Gasteiger charge is 2.23. The Hall–Kier alpha value is -2.79. The molecule has 28 heavy (non-hydrogen) atoms. The Morgan fingerprint density at radius 3 is 2.61 bits per heavy atom. The number of fused-ring (bicyclic) bond motifs is 1. The molecule has 1 aliphatic rings. The lowest BCUT2D eigenvalue weighted by Gasteiger charge is -2.30. The number of anilines is 1. The first kappa shape index (κ1) is 18.6. The zero-order valence-electron chi connectivity index (χ0n) is 16.8. The van der Waals surface area contributed by atoms with Gasteiger partial charge in [-0.2, -0.15) is 0 Å². The van der Waals surface area contributed by atoms with Crippen molar-refractivity contribution in [2.45, 2.75) is 46.3 Å². The molecule has 5 nitrogen and oxygen atoms in total. The van der Waals surface area contributed by atoms with Crippen LogP contribution in [0.3, 0.4) is 0 Å². The van der Waals surface area contributed by atoms with E-state index in [1.807, 2.05) is 18.2 Å². The summed E-state index contributed by atoms with van der Waals surface area (Å²) >= 11 is 0. The van der Waals surface area contributed by atoms with Gasteiger partial charge in [0.15, 0.2) is 5.82 Å². The van der Waals surface area contributed by atoms with Crippen LogP contribution in [0, 0.1) is 6.92 Å². The van der Waals surface area contributed by atoms with Gasteiger partial charge >= 0.3 is 0 Å². The van der Waals surface area contributed by atoms with Crippen molar-refractivity contribution in [2.24, 2.45) is 0 Å². The SMILES string of the molecule is Cc1ccc(CN2CCc3nc(-c4ccccn4)nc(NC(C)C)c3C2)cc1. The molecule has 3 aromatic rings. The monoisotopic (exact) mass is 373 g/mol. The van der Waals surface area contributed by atoms with E-state index in [-0.39, 0.29) is 0 Å². The lowest BCUT2D eigenvalue weighted by Crippen LogP contribution is -2.32. The summed E-state index contributed by atoms with van der Waals surface area (Å²) < 4.78 is 0. The number of rotatable bonds is 5. The topological polar surface area (TPSA) is 53.9 Å². The van der Waals surface area contributed by atoms with E-state index in [1.54, 1.807) is 6.20 Å². The Morgan fingerprint density at radius 1 is 1.07 bits per heavy atom. The second-order valence-electron chi connectivity index (χ2n) is 7.78. The fourth-order valence-electron chi connectivity index (χ4n) is 3.56. The normalized spacial score (nSPS) is 14.1. The van der Waals surface area contributed by atoms with E-state index in [0.717, 1.165) is 43.3 Å². The molecular formula is C23H27N5. The molecule has 1 aromatic carbocycles. The van der Waals surface area contributed by atoms with Crippen molar-refractivity contribution < 1.29 is 0 Å². The second-order valence-corrected chi connectivity index (χ2v) is 7.78. The number of hydrogen-bond acceptors (Lipinski definition) is 5. The predicted octanol–water partition coefficient (Wildman–Crippen LogP) is 4.23. The van der Waals surface area contributed by atoms with Crippen molar-refractivity contribution in [3.8, 4) is 11.5 Å². The molecule has 0 saturated heterocycles. The smallest absolute Gasteiger partial charge is 0.180 e. The summed E-state index contributed by atoms with van der Waals surface area (Å²) in [6.07, 6.45) is 2.72. The zero-order chi connectivity index (χ0) is 19.5. The van der Waals surface area contributed by atoms with E-state index < -0.39 is 0 Å². The molecule has 0 radical (unpaired) electrons. The number of benzene rings is 1. The molecular weight excluding hydrogens is 346 g/mol. The van der Waals surface area contributed by atoms with Crippen molar-refractivity contribution >= 4 is 5.82 Å². The summed E-state index contributed by atoms with van der Waals surface area (Å²) in [6, 6.07) is 15.0. The van der Waals surface area contributed by atoms with Gasteiger partial charge in [-0.3, -0.25) is 9.88 Å². The van der Waals surface area contributed by atoms with E-state index >= 15 is 0 Å². The van der Waals surface area contributed by atoms with Gasteiger partial charge in [-0.1, -0.05) is 35.9 Å². The second kappa shape index (κ2) is 8.07. The number of pyridine rings is 1. The highest BCUT2D eigenvalue weighted by Crippen LogP contribution is 2.28. The third-order valence-corrected chi connectivity index (χ3v) is 4.99. The minimum Gasteiger partial charge on any atom is -0.367 e. The maximum atomic E-state index is 4.86. The average molecular weight is 374 g/mol. The zero-order valence-corrected chi connectivity index (χ0v) is 16.8. The quantitative estimate of drug-likeness (QED) is 0.725. The summed E-state index contributed by atoms with van der Waals surface area (Å²) in [7, 11) is 0. The molecule has 5 heteroatoms. The molecule has 1 N–H and O–H groups in total. The first-order valence-corrected chi connectivity index (χ1v) is 9.94. The molecule has 0 fully saturated rings. The lowest BCUT2D eigenvalue weighted by atomic mass is 10.0. The maximum Gasteiger partial charge on any atom is 0.180 e. The third kappa shape index (κ3) is 4.20. The first-order valence-electron chi connectivity index (χ1n) is 9.94. The van der Waals surface area contributed by atoms with Crippen LogP contribution >= 0.6 is 0 Å². The fourth-order valence-corrected chi connectivity index (χ4v) is 3.56. The van der Waals surface area contributed by atoms with Crippen LogP contribution in [0.25, 0.3) is 11.5 Å². The van der Waals surface area contributed by atoms with E-state index in [4.69, 9.17) is 9.97 Å². The molecule has 1 aliphatic heterocycles. The largest absolute Gasteiger partial charge is 0.367 e. The molecule has 0 aliphatic carbocycles. The van der Waals surface area contributed by atoms with E-state index in [0.29, 0.717) is 11.9 Å². The van der Waals surface area contributed by atoms with Crippen molar-refractivity contribution in [1.82, 2.24) is 19.9 Å². The minimum absolute atomic E-state index is 0.308. The molecule has 4 rings (SSSR count). The number of hydrogen-bond donors (Lipinski definition) is 1. The number of aryl methyl sites for hydroxylation is 1. The minimum atomic E-state index is 0.308. The van der Waals surface area contributed by atoms with Crippen LogP contribution in [0.4, 0.5) is 5.82 Å². The summed E-state index contributed by atoms with van der Waals surface area (Å²) in [5.74, 6) is 1.64. The van der Waals surface area contributed by atoms with E-state index in [2.05, 4.69) is 60.2 Å². The van der Waals surface area contributed by atoms with Crippen LogP contribution in [0.15, 0.2) is 48.7 Å². The van der Waals surface area contributed by atoms with Crippen LogP contribution in [-0.2, 0) is 19.5 Å². The van der Waals surface area contributed by atoms with Crippen LogP contribution in [0.5, 0.6) is 0 Å². The maximum absolute atomic E-state index is 4.86. The van der Waals surface area contributed by atoms with Crippen molar-refractivity contribution in [1.29, 1.82) is 0 Å². The van der Waals surface area contributed by atoms with E-state index in [1.165, 1.54) is 16.7 Å². The van der Waals surface area contributed by atoms with Gasteiger partial charge in [-0.15, -0.1) is 0 Å². The standard InChI is InChI=1S/C23H27N5/c1-16(2)25-22-19-15-28(14-18-9-7-17(3)8-10-18)13-11-20(19)26-23(27-22)21-6-4-5-12-24-21/h4-10,12,16H,11,13-15H2,1-3H3,(H,25,26,27). The fraction of sp³-hybridized carbons (Fsp3) is 0.348. The summed E-state index contributed by atoms with van der Waals surface area (Å²) in [5.41, 5.74) is 5.81. The van der Waals surface area contributed by atoms with Gasteiger partial charge in [0.2, 0.25) is 0 Å². The highest BCUT2D eigenvalue weighted by atomic mass is 15.2. The Morgan fingerprint density at radius 2 is 1.89 bits per heavy atom. The molecule has 2 aromatic heterocycles. The van der Waals surface area contributed by atoms with Crippen molar-refractivity contribution in [3.05, 3.63) is 71.0 Å². The number of aromatic nitrogens is 3. The Bertz CT molecular complexity index is 935. The van der Waals surface area contributed by atoms with Gasteiger partial charge in [0.05, 0.1) is 5.69 Å². The van der Waals surface area contributed by atoms with Crippen LogP contribution < -0.4 is 5.32 Å². The Kier molecular flexibility index (Phi) is 5.35. The molecule has 144 valence electrons. The van der Waals surface area contributed by atoms with Crippen LogP contribution in [0.1, 0.15) is 36.2 Å². The summed E-state index contributed by atoms with van der Waals surface area (Å²) in [4.78, 5) is 16.6. The Balaban J connectivity index is 1.63.